The van der Waals surface area contributed by atoms with Crippen molar-refractivity contribution in [2.75, 3.05) is 24.5 Å². The van der Waals surface area contributed by atoms with Crippen LogP contribution in [0.2, 0.25) is 0 Å². The van der Waals surface area contributed by atoms with Gasteiger partial charge >= 0.3 is 0 Å². The van der Waals surface area contributed by atoms with Crippen LogP contribution in [0.4, 0.5) is 5.82 Å². The second kappa shape index (κ2) is 5.25. The zero-order valence-electron chi connectivity index (χ0n) is 13.0. The van der Waals surface area contributed by atoms with E-state index in [-0.39, 0.29) is 0 Å². The van der Waals surface area contributed by atoms with Crippen LogP contribution in [0.15, 0.2) is 6.07 Å². The number of hydrogen-bond donors (Lipinski definition) is 1. The lowest BCUT2D eigenvalue weighted by atomic mass is 10.1. The molecule has 4 nitrogen and oxygen atoms in total. The van der Waals surface area contributed by atoms with Gasteiger partial charge in [0.1, 0.15) is 5.82 Å². The first-order valence-electron chi connectivity index (χ1n) is 8.48. The van der Waals surface area contributed by atoms with E-state index < -0.39 is 0 Å². The van der Waals surface area contributed by atoms with Crippen LogP contribution < -0.4 is 10.6 Å². The highest BCUT2D eigenvalue weighted by atomic mass is 15.3. The van der Waals surface area contributed by atoms with Crippen LogP contribution in [0.1, 0.15) is 43.0 Å². The first-order valence-corrected chi connectivity index (χ1v) is 8.48. The van der Waals surface area contributed by atoms with E-state index in [2.05, 4.69) is 22.8 Å². The van der Waals surface area contributed by atoms with Crippen LogP contribution in [-0.2, 0) is 19.4 Å². The van der Waals surface area contributed by atoms with E-state index in [0.29, 0.717) is 12.6 Å². The summed E-state index contributed by atoms with van der Waals surface area (Å²) in [6, 6.07) is 3.59. The van der Waals surface area contributed by atoms with Crippen molar-refractivity contribution in [3.63, 3.8) is 0 Å². The Balaban J connectivity index is 1.68. The van der Waals surface area contributed by atoms with Gasteiger partial charge in [-0.05, 0) is 57.2 Å². The number of piperazine rings is 1. The van der Waals surface area contributed by atoms with Crippen LogP contribution in [0.3, 0.4) is 0 Å². The molecule has 114 valence electrons. The Kier molecular flexibility index (Phi) is 3.38. The average molecular weight is 286 g/mol. The van der Waals surface area contributed by atoms with Gasteiger partial charge in [-0.3, -0.25) is 4.90 Å². The standard InChI is InChI=1S/C17H26N4/c1-12-10-20-7-3-5-15(20)11-21(12)17-14(9-18)8-13-4-2-6-16(13)19-17/h8,12,15H,2-7,9-11,18H2,1H3. The molecule has 3 aliphatic rings. The molecular formula is C17H26N4. The zero-order chi connectivity index (χ0) is 14.4. The van der Waals surface area contributed by atoms with Gasteiger partial charge in [-0.2, -0.15) is 0 Å². The van der Waals surface area contributed by atoms with E-state index in [1.54, 1.807) is 0 Å². The number of rotatable bonds is 2. The zero-order valence-corrected chi connectivity index (χ0v) is 13.0. The monoisotopic (exact) mass is 286 g/mol. The molecule has 2 unspecified atom stereocenters. The third-order valence-corrected chi connectivity index (χ3v) is 5.54. The van der Waals surface area contributed by atoms with E-state index in [9.17, 15) is 0 Å². The lowest BCUT2D eigenvalue weighted by molar-refractivity contribution is 0.202. The summed E-state index contributed by atoms with van der Waals surface area (Å²) in [6.07, 6.45) is 6.27. The topological polar surface area (TPSA) is 45.4 Å². The summed E-state index contributed by atoms with van der Waals surface area (Å²) in [7, 11) is 0. The Morgan fingerprint density at radius 2 is 2.19 bits per heavy atom. The number of nitrogens with two attached hydrogens (primary N) is 1. The van der Waals surface area contributed by atoms with E-state index >= 15 is 0 Å². The summed E-state index contributed by atoms with van der Waals surface area (Å²) < 4.78 is 0. The van der Waals surface area contributed by atoms with Crippen molar-refractivity contribution < 1.29 is 0 Å². The van der Waals surface area contributed by atoms with Crippen molar-refractivity contribution in [1.82, 2.24) is 9.88 Å². The average Bonchev–Trinajstić information content (AvgIpc) is 3.12. The van der Waals surface area contributed by atoms with Gasteiger partial charge in [-0.15, -0.1) is 0 Å². The molecule has 2 fully saturated rings. The van der Waals surface area contributed by atoms with Crippen molar-refractivity contribution in [3.8, 4) is 0 Å². The number of aromatic nitrogens is 1. The molecule has 0 bridgehead atoms. The van der Waals surface area contributed by atoms with Crippen LogP contribution in [0.25, 0.3) is 0 Å². The first-order chi connectivity index (χ1) is 10.3. The minimum atomic E-state index is 0.539. The third kappa shape index (κ3) is 2.25. The van der Waals surface area contributed by atoms with Crippen LogP contribution in [-0.4, -0.2) is 41.6 Å². The third-order valence-electron chi connectivity index (χ3n) is 5.54. The van der Waals surface area contributed by atoms with Gasteiger partial charge in [-0.25, -0.2) is 4.98 Å². The van der Waals surface area contributed by atoms with Gasteiger partial charge in [-0.1, -0.05) is 0 Å². The smallest absolute Gasteiger partial charge is 0.133 e. The summed E-state index contributed by atoms with van der Waals surface area (Å²) in [5.41, 5.74) is 10.0. The fourth-order valence-corrected chi connectivity index (χ4v) is 4.39. The van der Waals surface area contributed by atoms with Crippen molar-refractivity contribution in [2.24, 2.45) is 5.73 Å². The summed E-state index contributed by atoms with van der Waals surface area (Å²) in [5.74, 6) is 1.18. The lowest BCUT2D eigenvalue weighted by Crippen LogP contribution is -2.55. The molecule has 1 aliphatic carbocycles. The number of aryl methyl sites for hydroxylation is 2. The van der Waals surface area contributed by atoms with Gasteiger partial charge < -0.3 is 10.6 Å². The molecule has 2 atom stereocenters. The summed E-state index contributed by atoms with van der Waals surface area (Å²) >= 11 is 0. The Morgan fingerprint density at radius 1 is 1.29 bits per heavy atom. The normalized spacial score (nSPS) is 28.8. The Hall–Kier alpha value is -1.13. The van der Waals surface area contributed by atoms with Gasteiger partial charge in [0.05, 0.1) is 0 Å². The minimum absolute atomic E-state index is 0.539. The highest BCUT2D eigenvalue weighted by Crippen LogP contribution is 2.32. The number of fused-ring (bicyclic) bond motifs is 2. The number of anilines is 1. The molecule has 0 radical (unpaired) electrons. The highest BCUT2D eigenvalue weighted by Gasteiger charge is 2.35. The maximum Gasteiger partial charge on any atom is 0.133 e. The predicted molar refractivity (Wildman–Crippen MR) is 85.6 cm³/mol. The molecule has 2 N–H and O–H groups in total. The van der Waals surface area contributed by atoms with E-state index in [1.165, 1.54) is 61.4 Å². The largest absolute Gasteiger partial charge is 0.351 e. The van der Waals surface area contributed by atoms with Crippen LogP contribution >= 0.6 is 0 Å². The molecule has 0 spiro atoms. The van der Waals surface area contributed by atoms with Gasteiger partial charge in [0.25, 0.3) is 0 Å². The molecule has 1 aromatic heterocycles. The van der Waals surface area contributed by atoms with E-state index in [4.69, 9.17) is 10.7 Å². The molecule has 4 rings (SSSR count). The highest BCUT2D eigenvalue weighted by molar-refractivity contribution is 5.52. The number of pyridine rings is 1. The van der Waals surface area contributed by atoms with Gasteiger partial charge in [0, 0.05) is 43.0 Å². The van der Waals surface area contributed by atoms with Crippen LogP contribution in [0.5, 0.6) is 0 Å². The second-order valence-electron chi connectivity index (χ2n) is 6.93. The fourth-order valence-electron chi connectivity index (χ4n) is 4.39. The molecule has 4 heteroatoms. The van der Waals surface area contributed by atoms with Crippen molar-refractivity contribution in [1.29, 1.82) is 0 Å². The SMILES string of the molecule is CC1CN2CCCC2CN1c1nc2c(cc1CN)CCC2. The molecular weight excluding hydrogens is 260 g/mol. The quantitative estimate of drug-likeness (QED) is 0.899. The Bertz CT molecular complexity index is 542. The van der Waals surface area contributed by atoms with Gasteiger partial charge in [0.2, 0.25) is 0 Å². The molecule has 0 saturated carbocycles. The Labute approximate surface area is 127 Å². The maximum absolute atomic E-state index is 6.03. The van der Waals surface area contributed by atoms with Crippen molar-refractivity contribution in [3.05, 3.63) is 22.9 Å². The van der Waals surface area contributed by atoms with Crippen LogP contribution in [0, 0.1) is 0 Å². The Morgan fingerprint density at radius 3 is 3.05 bits per heavy atom. The first kappa shape index (κ1) is 13.5. The van der Waals surface area contributed by atoms with Gasteiger partial charge in [0.15, 0.2) is 0 Å². The predicted octanol–water partition coefficient (Wildman–Crippen LogP) is 1.70. The van der Waals surface area contributed by atoms with E-state index in [1.807, 2.05) is 0 Å². The summed E-state index contributed by atoms with van der Waals surface area (Å²) in [5, 5.41) is 0. The van der Waals surface area contributed by atoms with Crippen molar-refractivity contribution in [2.45, 2.75) is 57.7 Å². The molecule has 0 aromatic carbocycles. The number of hydrogen-bond acceptors (Lipinski definition) is 4. The maximum atomic E-state index is 6.03. The second-order valence-corrected chi connectivity index (χ2v) is 6.93. The van der Waals surface area contributed by atoms with Crippen molar-refractivity contribution >= 4 is 5.82 Å². The lowest BCUT2D eigenvalue weighted by Gasteiger charge is -2.43. The molecule has 2 saturated heterocycles. The summed E-state index contributed by atoms with van der Waals surface area (Å²) in [4.78, 5) is 10.2. The molecule has 0 amide bonds. The minimum Gasteiger partial charge on any atom is -0.351 e. The molecule has 21 heavy (non-hydrogen) atoms. The molecule has 3 heterocycles. The fraction of sp³-hybridized carbons (Fsp3) is 0.706. The summed E-state index contributed by atoms with van der Waals surface area (Å²) in [6.45, 7) is 6.52. The number of nitrogens with zero attached hydrogens (tertiary/aromatic N) is 3. The molecule has 2 aliphatic heterocycles. The molecule has 1 aromatic rings. The van der Waals surface area contributed by atoms with E-state index in [0.717, 1.165) is 19.0 Å².